The Hall–Kier alpha value is -2.73. The van der Waals surface area contributed by atoms with Gasteiger partial charge in [0.05, 0.1) is 5.69 Å². The first-order chi connectivity index (χ1) is 12.1. The molecule has 1 amide bonds. The zero-order valence-corrected chi connectivity index (χ0v) is 14.8. The van der Waals surface area contributed by atoms with E-state index < -0.39 is 0 Å². The lowest BCUT2D eigenvalue weighted by molar-refractivity contribution is 0.0940. The molecule has 0 aliphatic carbocycles. The molecule has 0 saturated heterocycles. The van der Waals surface area contributed by atoms with E-state index in [2.05, 4.69) is 46.4 Å². The fraction of sp³-hybridized carbons (Fsp3) is 0.316. The third-order valence-electron chi connectivity index (χ3n) is 4.38. The van der Waals surface area contributed by atoms with Crippen molar-refractivity contribution in [3.8, 4) is 0 Å². The fourth-order valence-electron chi connectivity index (χ4n) is 2.77. The molecule has 1 atom stereocenters. The van der Waals surface area contributed by atoms with Crippen LogP contribution in [0.4, 0.5) is 0 Å². The summed E-state index contributed by atoms with van der Waals surface area (Å²) in [5.41, 5.74) is 3.06. The summed E-state index contributed by atoms with van der Waals surface area (Å²) in [5.74, 6) is -0.133. The van der Waals surface area contributed by atoms with Gasteiger partial charge >= 0.3 is 0 Å². The third kappa shape index (κ3) is 3.85. The van der Waals surface area contributed by atoms with Gasteiger partial charge in [0.15, 0.2) is 5.65 Å². The molecule has 25 heavy (non-hydrogen) atoms. The molecule has 2 aromatic heterocycles. The lowest BCUT2D eigenvalue weighted by atomic mass is 10.2. The first kappa shape index (κ1) is 17.1. The van der Waals surface area contributed by atoms with Crippen LogP contribution in [0.1, 0.15) is 28.5 Å². The van der Waals surface area contributed by atoms with Crippen LogP contribution in [0.2, 0.25) is 0 Å². The molecule has 0 fully saturated rings. The first-order valence-corrected chi connectivity index (χ1v) is 8.38. The summed E-state index contributed by atoms with van der Waals surface area (Å²) in [5, 5.41) is 7.35. The molecule has 0 aliphatic rings. The molecule has 6 heteroatoms. The number of nitrogens with one attached hydrogen (secondary N) is 1. The first-order valence-electron chi connectivity index (χ1n) is 8.38. The summed E-state index contributed by atoms with van der Waals surface area (Å²) >= 11 is 0. The Bertz CT molecular complexity index is 859. The number of benzene rings is 1. The highest BCUT2D eigenvalue weighted by Crippen LogP contribution is 2.12. The number of aromatic nitrogens is 3. The molecule has 1 N–H and O–H groups in total. The minimum atomic E-state index is -0.133. The van der Waals surface area contributed by atoms with Crippen LogP contribution in [0.5, 0.6) is 0 Å². The Morgan fingerprint density at radius 1 is 1.28 bits per heavy atom. The molecule has 130 valence electrons. The van der Waals surface area contributed by atoms with E-state index in [9.17, 15) is 4.79 Å². The maximum atomic E-state index is 12.6. The smallest absolute Gasteiger partial charge is 0.257 e. The van der Waals surface area contributed by atoms with Gasteiger partial charge in [0.2, 0.25) is 0 Å². The molecule has 6 nitrogen and oxygen atoms in total. The normalized spacial score (nSPS) is 12.5. The number of amides is 1. The van der Waals surface area contributed by atoms with E-state index >= 15 is 0 Å². The lowest BCUT2D eigenvalue weighted by Gasteiger charge is -2.25. The Kier molecular flexibility index (Phi) is 5.09. The fourth-order valence-corrected chi connectivity index (χ4v) is 2.77. The molecular weight excluding hydrogens is 314 g/mol. The van der Waals surface area contributed by atoms with E-state index in [0.717, 1.165) is 6.54 Å². The van der Waals surface area contributed by atoms with Gasteiger partial charge in [-0.15, -0.1) is 0 Å². The van der Waals surface area contributed by atoms with Crippen molar-refractivity contribution in [1.82, 2.24) is 24.8 Å². The highest BCUT2D eigenvalue weighted by molar-refractivity contribution is 6.00. The van der Waals surface area contributed by atoms with E-state index in [0.29, 0.717) is 23.4 Å². The molecule has 3 rings (SSSR count). The van der Waals surface area contributed by atoms with E-state index in [-0.39, 0.29) is 11.9 Å². The number of hydrogen-bond acceptors (Lipinski definition) is 4. The average Bonchev–Trinajstić information content (AvgIpc) is 2.96. The van der Waals surface area contributed by atoms with Crippen molar-refractivity contribution < 1.29 is 4.79 Å². The molecule has 3 aromatic rings. The lowest BCUT2D eigenvalue weighted by Crippen LogP contribution is -2.40. The molecule has 0 unspecified atom stereocenters. The maximum absolute atomic E-state index is 12.6. The van der Waals surface area contributed by atoms with Crippen LogP contribution >= 0.6 is 0 Å². The van der Waals surface area contributed by atoms with E-state index in [4.69, 9.17) is 0 Å². The minimum Gasteiger partial charge on any atom is -0.350 e. The van der Waals surface area contributed by atoms with Crippen LogP contribution in [-0.4, -0.2) is 45.0 Å². The van der Waals surface area contributed by atoms with Gasteiger partial charge in [0.25, 0.3) is 5.91 Å². The van der Waals surface area contributed by atoms with Crippen molar-refractivity contribution in [2.45, 2.75) is 26.4 Å². The van der Waals surface area contributed by atoms with Crippen LogP contribution in [-0.2, 0) is 6.54 Å². The molecule has 2 heterocycles. The van der Waals surface area contributed by atoms with Gasteiger partial charge in [0.1, 0.15) is 5.56 Å². The van der Waals surface area contributed by atoms with Crippen molar-refractivity contribution in [2.24, 2.45) is 0 Å². The Morgan fingerprint density at radius 2 is 2.04 bits per heavy atom. The molecule has 0 radical (unpaired) electrons. The monoisotopic (exact) mass is 337 g/mol. The second-order valence-corrected chi connectivity index (χ2v) is 6.31. The standard InChI is InChI=1S/C19H23N5O/c1-14(23(3)13-16-8-5-4-6-9-16)12-21-19(25)17-15(2)22-24-11-7-10-20-18(17)24/h4-11,14H,12-13H2,1-3H3,(H,21,25)/t14-/m1/s1. The Balaban J connectivity index is 1.62. The Morgan fingerprint density at radius 3 is 2.80 bits per heavy atom. The summed E-state index contributed by atoms with van der Waals surface area (Å²) in [7, 11) is 2.06. The van der Waals surface area contributed by atoms with E-state index in [1.165, 1.54) is 5.56 Å². The Labute approximate surface area is 147 Å². The number of carbonyl (C=O) groups excluding carboxylic acids is 1. The number of likely N-dealkylation sites (N-methyl/N-ethyl adjacent to an activating group) is 1. The topological polar surface area (TPSA) is 62.5 Å². The van der Waals surface area contributed by atoms with Crippen molar-refractivity contribution in [2.75, 3.05) is 13.6 Å². The number of carbonyl (C=O) groups is 1. The maximum Gasteiger partial charge on any atom is 0.257 e. The summed E-state index contributed by atoms with van der Waals surface area (Å²) < 4.78 is 1.63. The van der Waals surface area contributed by atoms with Crippen molar-refractivity contribution in [3.63, 3.8) is 0 Å². The number of aryl methyl sites for hydroxylation is 1. The summed E-state index contributed by atoms with van der Waals surface area (Å²) in [6, 6.07) is 12.3. The van der Waals surface area contributed by atoms with Gasteiger partial charge in [-0.05, 0) is 32.5 Å². The molecule has 0 aliphatic heterocycles. The number of rotatable bonds is 6. The molecule has 0 saturated carbocycles. The van der Waals surface area contributed by atoms with E-state index in [1.54, 1.807) is 23.0 Å². The molecule has 1 aromatic carbocycles. The zero-order valence-electron chi connectivity index (χ0n) is 14.8. The van der Waals surface area contributed by atoms with E-state index in [1.807, 2.05) is 25.1 Å². The average molecular weight is 337 g/mol. The van der Waals surface area contributed by atoms with Crippen LogP contribution in [0.3, 0.4) is 0 Å². The number of hydrogen-bond donors (Lipinski definition) is 1. The highest BCUT2D eigenvalue weighted by Gasteiger charge is 2.19. The van der Waals surface area contributed by atoms with Crippen molar-refractivity contribution in [1.29, 1.82) is 0 Å². The summed E-state index contributed by atoms with van der Waals surface area (Å²) in [6.07, 6.45) is 3.46. The third-order valence-corrected chi connectivity index (χ3v) is 4.38. The number of nitrogens with zero attached hydrogens (tertiary/aromatic N) is 4. The van der Waals surface area contributed by atoms with Crippen LogP contribution < -0.4 is 5.32 Å². The predicted molar refractivity (Wildman–Crippen MR) is 97.4 cm³/mol. The van der Waals surface area contributed by atoms with Gasteiger partial charge in [-0.2, -0.15) is 5.10 Å². The van der Waals surface area contributed by atoms with Gasteiger partial charge in [-0.1, -0.05) is 30.3 Å². The minimum absolute atomic E-state index is 0.133. The van der Waals surface area contributed by atoms with Crippen LogP contribution in [0.25, 0.3) is 5.65 Å². The van der Waals surface area contributed by atoms with Crippen LogP contribution in [0.15, 0.2) is 48.8 Å². The zero-order chi connectivity index (χ0) is 17.8. The number of fused-ring (bicyclic) bond motifs is 1. The highest BCUT2D eigenvalue weighted by atomic mass is 16.1. The summed E-state index contributed by atoms with van der Waals surface area (Å²) in [4.78, 5) is 19.1. The SMILES string of the molecule is Cc1nn2cccnc2c1C(=O)NC[C@@H](C)N(C)Cc1ccccc1. The van der Waals surface area contributed by atoms with Gasteiger partial charge in [-0.25, -0.2) is 9.50 Å². The molecule has 0 bridgehead atoms. The molecule has 0 spiro atoms. The van der Waals surface area contributed by atoms with Crippen LogP contribution in [0, 0.1) is 6.92 Å². The second kappa shape index (κ2) is 7.44. The van der Waals surface area contributed by atoms with Gasteiger partial charge in [-0.3, -0.25) is 9.69 Å². The molecular formula is C19H23N5O. The van der Waals surface area contributed by atoms with Crippen molar-refractivity contribution >= 4 is 11.6 Å². The van der Waals surface area contributed by atoms with Gasteiger partial charge in [0, 0.05) is 31.5 Å². The van der Waals surface area contributed by atoms with Crippen molar-refractivity contribution in [3.05, 3.63) is 65.6 Å². The van der Waals surface area contributed by atoms with Gasteiger partial charge < -0.3 is 5.32 Å². The quantitative estimate of drug-likeness (QED) is 0.750. The second-order valence-electron chi connectivity index (χ2n) is 6.31. The summed E-state index contributed by atoms with van der Waals surface area (Å²) in [6.45, 7) is 5.33. The predicted octanol–water partition coefficient (Wildman–Crippen LogP) is 2.29. The largest absolute Gasteiger partial charge is 0.350 e.